The van der Waals surface area contributed by atoms with Crippen molar-refractivity contribution in [2.24, 2.45) is 0 Å². The molecule has 0 bridgehead atoms. The number of pyridine rings is 1. The zero-order valence-electron chi connectivity index (χ0n) is 13.1. The number of aromatic nitrogens is 4. The number of hydrogen-bond acceptors (Lipinski definition) is 4. The Morgan fingerprint density at radius 2 is 1.83 bits per heavy atom. The number of nitrogens with zero attached hydrogens (tertiary/aromatic N) is 4. The summed E-state index contributed by atoms with van der Waals surface area (Å²) in [4.78, 5) is 4.04. The van der Waals surface area contributed by atoms with Gasteiger partial charge in [-0.1, -0.05) is 5.21 Å². The van der Waals surface area contributed by atoms with Gasteiger partial charge in [0.2, 0.25) is 0 Å². The molecule has 0 aliphatic carbocycles. The van der Waals surface area contributed by atoms with Gasteiger partial charge in [-0.15, -0.1) is 16.7 Å². The number of alkyl halides is 1. The molecule has 0 aliphatic rings. The molecule has 7 heteroatoms. The number of hydrogen-bond donors (Lipinski definition) is 0. The predicted octanol–water partition coefficient (Wildman–Crippen LogP) is 3.92. The molecule has 3 rings (SSSR count). The summed E-state index contributed by atoms with van der Waals surface area (Å²) < 4.78 is 20.5. The lowest BCUT2D eigenvalue weighted by Gasteiger charge is -2.17. The van der Waals surface area contributed by atoms with Crippen LogP contribution in [0.4, 0.5) is 4.39 Å². The molecule has 0 fully saturated rings. The molecule has 0 spiro atoms. The van der Waals surface area contributed by atoms with E-state index in [0.29, 0.717) is 12.3 Å². The Morgan fingerprint density at radius 3 is 2.46 bits per heavy atom. The van der Waals surface area contributed by atoms with Crippen LogP contribution in [-0.2, 0) is 4.74 Å². The Bertz CT molecular complexity index is 792. The third kappa shape index (κ3) is 3.29. The van der Waals surface area contributed by atoms with E-state index in [1.165, 1.54) is 12.1 Å². The highest BCUT2D eigenvalue weighted by atomic mass is 35.5. The van der Waals surface area contributed by atoms with Gasteiger partial charge in [-0.05, 0) is 43.3 Å². The van der Waals surface area contributed by atoms with Crippen molar-refractivity contribution in [2.45, 2.75) is 13.2 Å². The smallest absolute Gasteiger partial charge is 0.166 e. The van der Waals surface area contributed by atoms with E-state index in [0.717, 1.165) is 16.8 Å². The molecule has 2 aromatic heterocycles. The minimum atomic E-state index is -0.443. The van der Waals surface area contributed by atoms with E-state index < -0.39 is 6.23 Å². The van der Waals surface area contributed by atoms with Crippen LogP contribution < -0.4 is 0 Å². The minimum Gasteiger partial charge on any atom is -0.355 e. The SMILES string of the molecule is CCOC(CCl)n1nnc(-c2ccc(F)cc2)c1-c1ccncc1. The molecule has 0 radical (unpaired) electrons. The Labute approximate surface area is 144 Å². The molecule has 0 amide bonds. The van der Waals surface area contributed by atoms with Crippen molar-refractivity contribution >= 4 is 11.6 Å². The molecule has 0 saturated heterocycles. The van der Waals surface area contributed by atoms with Crippen LogP contribution in [0.3, 0.4) is 0 Å². The summed E-state index contributed by atoms with van der Waals surface area (Å²) in [6.07, 6.45) is 2.94. The van der Waals surface area contributed by atoms with Gasteiger partial charge in [0.25, 0.3) is 0 Å². The first kappa shape index (κ1) is 16.5. The van der Waals surface area contributed by atoms with Crippen LogP contribution in [0.2, 0.25) is 0 Å². The lowest BCUT2D eigenvalue weighted by molar-refractivity contribution is 0.0186. The number of halogens is 2. The van der Waals surface area contributed by atoms with Gasteiger partial charge in [0.1, 0.15) is 11.5 Å². The summed E-state index contributed by atoms with van der Waals surface area (Å²) in [6.45, 7) is 2.39. The van der Waals surface area contributed by atoms with Gasteiger partial charge >= 0.3 is 0 Å². The largest absolute Gasteiger partial charge is 0.355 e. The van der Waals surface area contributed by atoms with Gasteiger partial charge in [-0.3, -0.25) is 4.98 Å². The van der Waals surface area contributed by atoms with Crippen LogP contribution in [0.5, 0.6) is 0 Å². The van der Waals surface area contributed by atoms with Gasteiger partial charge in [0, 0.05) is 30.1 Å². The third-order valence-electron chi connectivity index (χ3n) is 3.53. The highest BCUT2D eigenvalue weighted by Crippen LogP contribution is 2.32. The fourth-order valence-corrected chi connectivity index (χ4v) is 2.67. The number of rotatable bonds is 6. The van der Waals surface area contributed by atoms with E-state index in [1.807, 2.05) is 19.1 Å². The van der Waals surface area contributed by atoms with Crippen molar-refractivity contribution in [3.63, 3.8) is 0 Å². The Balaban J connectivity index is 2.16. The van der Waals surface area contributed by atoms with Gasteiger partial charge in [0.05, 0.1) is 11.6 Å². The summed E-state index contributed by atoms with van der Waals surface area (Å²) >= 11 is 6.04. The van der Waals surface area contributed by atoms with Gasteiger partial charge in [-0.2, -0.15) is 0 Å². The van der Waals surface area contributed by atoms with E-state index in [4.69, 9.17) is 16.3 Å². The number of ether oxygens (including phenoxy) is 1. The fraction of sp³-hybridized carbons (Fsp3) is 0.235. The standard InChI is InChI=1S/C17H16ClFN4O/c1-2-24-15(11-18)23-17(13-7-9-20-10-8-13)16(21-22-23)12-3-5-14(19)6-4-12/h3-10,15H,2,11H2,1H3. The molecule has 124 valence electrons. The molecule has 0 aliphatic heterocycles. The second-order valence-electron chi connectivity index (χ2n) is 5.04. The zero-order chi connectivity index (χ0) is 16.9. The average molecular weight is 347 g/mol. The molecule has 24 heavy (non-hydrogen) atoms. The van der Waals surface area contributed by atoms with E-state index in [-0.39, 0.29) is 11.7 Å². The molecule has 1 aromatic carbocycles. The molecule has 1 atom stereocenters. The second kappa shape index (κ2) is 7.51. The first-order valence-corrected chi connectivity index (χ1v) is 8.07. The van der Waals surface area contributed by atoms with E-state index in [1.54, 1.807) is 29.2 Å². The molecule has 1 unspecified atom stereocenters. The molecule has 3 aromatic rings. The summed E-state index contributed by atoms with van der Waals surface area (Å²) in [5.41, 5.74) is 3.03. The van der Waals surface area contributed by atoms with E-state index in [9.17, 15) is 4.39 Å². The van der Waals surface area contributed by atoms with E-state index in [2.05, 4.69) is 15.3 Å². The van der Waals surface area contributed by atoms with Crippen LogP contribution in [0.25, 0.3) is 22.5 Å². The third-order valence-corrected chi connectivity index (χ3v) is 3.79. The first-order chi connectivity index (χ1) is 11.7. The normalized spacial score (nSPS) is 12.3. The van der Waals surface area contributed by atoms with Crippen molar-refractivity contribution in [3.05, 3.63) is 54.6 Å². The maximum Gasteiger partial charge on any atom is 0.166 e. The Hall–Kier alpha value is -2.31. The van der Waals surface area contributed by atoms with Crippen molar-refractivity contribution in [2.75, 3.05) is 12.5 Å². The molecular formula is C17H16ClFN4O. The summed E-state index contributed by atoms with van der Waals surface area (Å²) in [7, 11) is 0. The highest BCUT2D eigenvalue weighted by molar-refractivity contribution is 6.18. The fourth-order valence-electron chi connectivity index (χ4n) is 2.45. The average Bonchev–Trinajstić information content (AvgIpc) is 3.06. The molecule has 0 N–H and O–H groups in total. The predicted molar refractivity (Wildman–Crippen MR) is 90.0 cm³/mol. The van der Waals surface area contributed by atoms with Gasteiger partial charge < -0.3 is 4.74 Å². The van der Waals surface area contributed by atoms with Crippen molar-refractivity contribution < 1.29 is 9.13 Å². The van der Waals surface area contributed by atoms with Crippen molar-refractivity contribution in [1.82, 2.24) is 20.0 Å². The monoisotopic (exact) mass is 346 g/mol. The first-order valence-electron chi connectivity index (χ1n) is 7.53. The summed E-state index contributed by atoms with van der Waals surface area (Å²) in [6, 6.07) is 9.85. The van der Waals surface area contributed by atoms with Gasteiger partial charge in [-0.25, -0.2) is 9.07 Å². The van der Waals surface area contributed by atoms with Crippen molar-refractivity contribution in [3.8, 4) is 22.5 Å². The lowest BCUT2D eigenvalue weighted by Crippen LogP contribution is -2.17. The lowest BCUT2D eigenvalue weighted by atomic mass is 10.1. The Kier molecular flexibility index (Phi) is 5.17. The van der Waals surface area contributed by atoms with Crippen LogP contribution in [0.1, 0.15) is 13.2 Å². The van der Waals surface area contributed by atoms with Crippen LogP contribution in [0.15, 0.2) is 48.8 Å². The summed E-state index contributed by atoms with van der Waals surface area (Å²) in [5, 5.41) is 8.50. The summed E-state index contributed by atoms with van der Waals surface area (Å²) in [5.74, 6) is -0.0671. The quantitative estimate of drug-likeness (QED) is 0.635. The van der Waals surface area contributed by atoms with Crippen molar-refractivity contribution in [1.29, 1.82) is 0 Å². The van der Waals surface area contributed by atoms with Gasteiger partial charge in [0.15, 0.2) is 6.23 Å². The molecule has 0 saturated carbocycles. The maximum absolute atomic E-state index is 13.2. The topological polar surface area (TPSA) is 52.8 Å². The van der Waals surface area contributed by atoms with Crippen LogP contribution >= 0.6 is 11.6 Å². The number of benzene rings is 1. The Morgan fingerprint density at radius 1 is 1.12 bits per heavy atom. The molecule has 5 nitrogen and oxygen atoms in total. The maximum atomic E-state index is 13.2. The van der Waals surface area contributed by atoms with Crippen LogP contribution in [-0.4, -0.2) is 32.5 Å². The van der Waals surface area contributed by atoms with E-state index >= 15 is 0 Å². The minimum absolute atomic E-state index is 0.234. The highest BCUT2D eigenvalue weighted by Gasteiger charge is 2.22. The molecule has 2 heterocycles. The molecular weight excluding hydrogens is 331 g/mol. The zero-order valence-corrected chi connectivity index (χ0v) is 13.8. The second-order valence-corrected chi connectivity index (χ2v) is 5.35. The van der Waals surface area contributed by atoms with Crippen LogP contribution in [0, 0.1) is 5.82 Å².